The summed E-state index contributed by atoms with van der Waals surface area (Å²) in [5.74, 6) is 0. The SMILES string of the molecule is Cc1cc(C)c(CC(N)c2csc3ccccc23)c(C)c1. The highest BCUT2D eigenvalue weighted by Crippen LogP contribution is 2.31. The van der Waals surface area contributed by atoms with Gasteiger partial charge in [0.05, 0.1) is 0 Å². The average Bonchev–Trinajstić information content (AvgIpc) is 2.86. The maximum Gasteiger partial charge on any atom is 0.0350 e. The predicted octanol–water partition coefficient (Wildman–Crippen LogP) is 5.07. The van der Waals surface area contributed by atoms with Crippen molar-refractivity contribution in [1.82, 2.24) is 0 Å². The molecule has 0 fully saturated rings. The maximum absolute atomic E-state index is 6.52. The van der Waals surface area contributed by atoms with E-state index in [0.29, 0.717) is 0 Å². The summed E-state index contributed by atoms with van der Waals surface area (Å²) < 4.78 is 1.32. The first kappa shape index (κ1) is 14.3. The van der Waals surface area contributed by atoms with Crippen LogP contribution in [0.5, 0.6) is 0 Å². The van der Waals surface area contributed by atoms with E-state index in [-0.39, 0.29) is 6.04 Å². The number of hydrogen-bond acceptors (Lipinski definition) is 2. The third-order valence-corrected chi connectivity index (χ3v) is 5.16. The number of aryl methyl sites for hydroxylation is 3. The van der Waals surface area contributed by atoms with Gasteiger partial charge in [0.15, 0.2) is 0 Å². The molecule has 2 heteroatoms. The lowest BCUT2D eigenvalue weighted by Crippen LogP contribution is -2.14. The third-order valence-electron chi connectivity index (χ3n) is 4.17. The number of benzene rings is 2. The van der Waals surface area contributed by atoms with Gasteiger partial charge in [0.25, 0.3) is 0 Å². The molecule has 0 amide bonds. The van der Waals surface area contributed by atoms with Crippen molar-refractivity contribution in [3.8, 4) is 0 Å². The summed E-state index contributed by atoms with van der Waals surface area (Å²) in [5, 5.41) is 3.52. The van der Waals surface area contributed by atoms with Crippen LogP contribution < -0.4 is 5.73 Å². The van der Waals surface area contributed by atoms with E-state index in [1.165, 1.54) is 37.9 Å². The highest BCUT2D eigenvalue weighted by molar-refractivity contribution is 7.17. The first-order valence-corrected chi connectivity index (χ1v) is 8.22. The Labute approximate surface area is 130 Å². The molecule has 3 aromatic rings. The van der Waals surface area contributed by atoms with Crippen molar-refractivity contribution in [2.45, 2.75) is 33.2 Å². The molecule has 0 radical (unpaired) electrons. The molecule has 1 unspecified atom stereocenters. The van der Waals surface area contributed by atoms with Crippen molar-refractivity contribution in [2.24, 2.45) is 5.73 Å². The van der Waals surface area contributed by atoms with E-state index in [4.69, 9.17) is 5.73 Å². The van der Waals surface area contributed by atoms with Gasteiger partial charge in [-0.3, -0.25) is 0 Å². The van der Waals surface area contributed by atoms with E-state index in [1.807, 2.05) is 0 Å². The van der Waals surface area contributed by atoms with Gasteiger partial charge in [-0.05, 0) is 66.3 Å². The molecule has 0 spiro atoms. The predicted molar refractivity (Wildman–Crippen MR) is 93.1 cm³/mol. The second kappa shape index (κ2) is 5.63. The van der Waals surface area contributed by atoms with Gasteiger partial charge in [-0.25, -0.2) is 0 Å². The highest BCUT2D eigenvalue weighted by atomic mass is 32.1. The van der Waals surface area contributed by atoms with Crippen LogP contribution in [0.4, 0.5) is 0 Å². The van der Waals surface area contributed by atoms with Crippen molar-refractivity contribution in [3.63, 3.8) is 0 Å². The first-order valence-electron chi connectivity index (χ1n) is 7.34. The molecule has 0 aliphatic carbocycles. The van der Waals surface area contributed by atoms with Crippen molar-refractivity contribution in [2.75, 3.05) is 0 Å². The van der Waals surface area contributed by atoms with Gasteiger partial charge in [-0.15, -0.1) is 11.3 Å². The fraction of sp³-hybridized carbons (Fsp3) is 0.263. The molecule has 21 heavy (non-hydrogen) atoms. The minimum atomic E-state index is 0.0567. The number of nitrogens with two attached hydrogens (primary N) is 1. The van der Waals surface area contributed by atoms with Crippen molar-refractivity contribution < 1.29 is 0 Å². The lowest BCUT2D eigenvalue weighted by Gasteiger charge is -2.16. The van der Waals surface area contributed by atoms with Gasteiger partial charge < -0.3 is 5.73 Å². The Morgan fingerprint density at radius 2 is 1.71 bits per heavy atom. The van der Waals surface area contributed by atoms with Crippen LogP contribution in [0.2, 0.25) is 0 Å². The fourth-order valence-corrected chi connectivity index (χ4v) is 4.17. The zero-order valence-corrected chi connectivity index (χ0v) is 13.6. The quantitative estimate of drug-likeness (QED) is 0.717. The van der Waals surface area contributed by atoms with Crippen LogP contribution in [0.3, 0.4) is 0 Å². The standard InChI is InChI=1S/C19H21NS/c1-12-8-13(2)16(14(3)9-12)10-18(20)17-11-21-19-7-5-4-6-15(17)19/h4-9,11,18H,10,20H2,1-3H3. The molecule has 0 saturated carbocycles. The Morgan fingerprint density at radius 1 is 1.05 bits per heavy atom. The highest BCUT2D eigenvalue weighted by Gasteiger charge is 2.15. The second-order valence-corrected chi connectivity index (χ2v) is 6.79. The third kappa shape index (κ3) is 2.74. The maximum atomic E-state index is 6.52. The van der Waals surface area contributed by atoms with Crippen molar-refractivity contribution in [1.29, 1.82) is 0 Å². The fourth-order valence-electron chi connectivity index (χ4n) is 3.15. The van der Waals surface area contributed by atoms with Crippen LogP contribution in [-0.4, -0.2) is 0 Å². The largest absolute Gasteiger partial charge is 0.324 e. The molecule has 3 rings (SSSR count). The zero-order valence-electron chi connectivity index (χ0n) is 12.8. The topological polar surface area (TPSA) is 26.0 Å². The van der Waals surface area contributed by atoms with Gasteiger partial charge >= 0.3 is 0 Å². The molecule has 0 aliphatic heterocycles. The summed E-state index contributed by atoms with van der Waals surface area (Å²) in [6, 6.07) is 13.1. The average molecular weight is 295 g/mol. The van der Waals surface area contributed by atoms with Gasteiger partial charge in [0, 0.05) is 10.7 Å². The van der Waals surface area contributed by atoms with Crippen molar-refractivity contribution >= 4 is 21.4 Å². The Balaban J connectivity index is 1.95. The van der Waals surface area contributed by atoms with Gasteiger partial charge in [0.1, 0.15) is 0 Å². The molecular formula is C19H21NS. The summed E-state index contributed by atoms with van der Waals surface area (Å²) in [6.45, 7) is 6.53. The van der Waals surface area contributed by atoms with E-state index < -0.39 is 0 Å². The minimum absolute atomic E-state index is 0.0567. The molecule has 1 atom stereocenters. The lowest BCUT2D eigenvalue weighted by atomic mass is 9.92. The second-order valence-electron chi connectivity index (χ2n) is 5.88. The van der Waals surface area contributed by atoms with Crippen molar-refractivity contribution in [3.05, 3.63) is 69.6 Å². The normalized spacial score (nSPS) is 12.8. The smallest absolute Gasteiger partial charge is 0.0350 e. The molecule has 2 N–H and O–H groups in total. The Bertz CT molecular complexity index is 762. The molecule has 1 heterocycles. The van der Waals surface area contributed by atoms with E-state index in [1.54, 1.807) is 11.3 Å². The molecule has 0 saturated heterocycles. The van der Waals surface area contributed by atoms with E-state index in [0.717, 1.165) is 6.42 Å². The van der Waals surface area contributed by atoms with Crippen LogP contribution in [0, 0.1) is 20.8 Å². The zero-order chi connectivity index (χ0) is 15.0. The van der Waals surface area contributed by atoms with Crippen LogP contribution in [0.15, 0.2) is 41.8 Å². The summed E-state index contributed by atoms with van der Waals surface area (Å²) in [5.41, 5.74) is 13.2. The van der Waals surface area contributed by atoms with Gasteiger partial charge in [0.2, 0.25) is 0 Å². The molecule has 0 aliphatic rings. The number of rotatable bonds is 3. The number of thiophene rings is 1. The van der Waals surface area contributed by atoms with Crippen LogP contribution in [0.25, 0.3) is 10.1 Å². The van der Waals surface area contributed by atoms with E-state index in [2.05, 4.69) is 62.5 Å². The Morgan fingerprint density at radius 3 is 2.43 bits per heavy atom. The molecule has 1 nitrogen and oxygen atoms in total. The summed E-state index contributed by atoms with van der Waals surface area (Å²) >= 11 is 1.78. The van der Waals surface area contributed by atoms with E-state index in [9.17, 15) is 0 Å². The Kier molecular flexibility index (Phi) is 3.83. The van der Waals surface area contributed by atoms with Gasteiger partial charge in [-0.1, -0.05) is 35.9 Å². The van der Waals surface area contributed by atoms with Crippen LogP contribution in [-0.2, 0) is 6.42 Å². The summed E-state index contributed by atoms with van der Waals surface area (Å²) in [7, 11) is 0. The molecule has 108 valence electrons. The Hall–Kier alpha value is -1.64. The molecule has 2 aromatic carbocycles. The lowest BCUT2D eigenvalue weighted by molar-refractivity contribution is 0.723. The van der Waals surface area contributed by atoms with Crippen LogP contribution >= 0.6 is 11.3 Å². The van der Waals surface area contributed by atoms with E-state index >= 15 is 0 Å². The van der Waals surface area contributed by atoms with Crippen LogP contribution in [0.1, 0.15) is 33.9 Å². The minimum Gasteiger partial charge on any atom is -0.324 e. The first-order chi connectivity index (χ1) is 10.1. The molecule has 0 bridgehead atoms. The molecule has 1 aromatic heterocycles. The van der Waals surface area contributed by atoms with Gasteiger partial charge in [-0.2, -0.15) is 0 Å². The summed E-state index contributed by atoms with van der Waals surface area (Å²) in [4.78, 5) is 0. The number of fused-ring (bicyclic) bond motifs is 1. The molecular weight excluding hydrogens is 274 g/mol. The number of hydrogen-bond donors (Lipinski definition) is 1. The monoisotopic (exact) mass is 295 g/mol. The summed E-state index contributed by atoms with van der Waals surface area (Å²) in [6.07, 6.45) is 0.901.